The summed E-state index contributed by atoms with van der Waals surface area (Å²) in [5.74, 6) is 2.36. The van der Waals surface area contributed by atoms with Gasteiger partial charge in [-0.2, -0.15) is 4.98 Å². The van der Waals surface area contributed by atoms with Gasteiger partial charge in [0.25, 0.3) is 0 Å². The Hall–Kier alpha value is -0.940. The maximum atomic E-state index is 5.76. The van der Waals surface area contributed by atoms with Crippen LogP contribution >= 0.6 is 0 Å². The molecule has 1 aromatic heterocycles. The van der Waals surface area contributed by atoms with Crippen LogP contribution in [0.4, 0.5) is 0 Å². The van der Waals surface area contributed by atoms with Gasteiger partial charge in [0.1, 0.15) is 0 Å². The van der Waals surface area contributed by atoms with Crippen LogP contribution in [0, 0.1) is 5.92 Å². The molecule has 0 saturated heterocycles. The predicted molar refractivity (Wildman–Crippen MR) is 63.6 cm³/mol. The first-order valence-electron chi connectivity index (χ1n) is 6.30. The van der Waals surface area contributed by atoms with Crippen LogP contribution in [0.25, 0.3) is 0 Å². The SMILES string of the molecule is COC(C)Cc1noc(C2CCCC2CN)n1. The monoisotopic (exact) mass is 239 g/mol. The van der Waals surface area contributed by atoms with Crippen molar-refractivity contribution in [1.29, 1.82) is 0 Å². The van der Waals surface area contributed by atoms with Crippen LogP contribution < -0.4 is 5.73 Å². The summed E-state index contributed by atoms with van der Waals surface area (Å²) in [6.07, 6.45) is 4.31. The van der Waals surface area contributed by atoms with Crippen molar-refractivity contribution in [3.63, 3.8) is 0 Å². The maximum absolute atomic E-state index is 5.76. The van der Waals surface area contributed by atoms with Gasteiger partial charge in [-0.1, -0.05) is 11.6 Å². The Bertz CT molecular complexity index is 353. The molecule has 0 aromatic carbocycles. The molecule has 5 nitrogen and oxygen atoms in total. The molecule has 1 aromatic rings. The fourth-order valence-electron chi connectivity index (χ4n) is 2.49. The zero-order valence-corrected chi connectivity index (χ0v) is 10.6. The number of aromatic nitrogens is 2. The zero-order chi connectivity index (χ0) is 12.3. The van der Waals surface area contributed by atoms with Gasteiger partial charge in [0.05, 0.1) is 6.10 Å². The van der Waals surface area contributed by atoms with Crippen molar-refractivity contribution >= 4 is 0 Å². The van der Waals surface area contributed by atoms with Crippen molar-refractivity contribution in [2.45, 2.75) is 44.6 Å². The van der Waals surface area contributed by atoms with E-state index in [0.29, 0.717) is 24.8 Å². The Morgan fingerprint density at radius 1 is 1.53 bits per heavy atom. The Kier molecular flexibility index (Phi) is 4.12. The standard InChI is InChI=1S/C12H21N3O2/c1-8(16-2)6-11-14-12(17-15-11)10-5-3-4-9(10)7-13/h8-10H,3-7,13H2,1-2H3. The highest BCUT2D eigenvalue weighted by molar-refractivity contribution is 5.00. The third-order valence-corrected chi connectivity index (χ3v) is 3.64. The van der Waals surface area contributed by atoms with Gasteiger partial charge in [0, 0.05) is 19.4 Å². The number of rotatable bonds is 5. The summed E-state index contributed by atoms with van der Waals surface area (Å²) in [6, 6.07) is 0. The normalized spacial score (nSPS) is 26.3. The van der Waals surface area contributed by atoms with Gasteiger partial charge >= 0.3 is 0 Å². The topological polar surface area (TPSA) is 74.2 Å². The Morgan fingerprint density at radius 3 is 3.06 bits per heavy atom. The van der Waals surface area contributed by atoms with E-state index in [4.69, 9.17) is 15.0 Å². The van der Waals surface area contributed by atoms with Crippen molar-refractivity contribution in [3.8, 4) is 0 Å². The summed E-state index contributed by atoms with van der Waals surface area (Å²) in [7, 11) is 1.69. The Morgan fingerprint density at radius 2 is 2.35 bits per heavy atom. The molecule has 3 atom stereocenters. The molecule has 0 amide bonds. The van der Waals surface area contributed by atoms with Crippen LogP contribution in [0.2, 0.25) is 0 Å². The van der Waals surface area contributed by atoms with Gasteiger partial charge < -0.3 is 15.0 Å². The number of hydrogen-bond donors (Lipinski definition) is 1. The first kappa shape index (κ1) is 12.5. The van der Waals surface area contributed by atoms with Crippen molar-refractivity contribution < 1.29 is 9.26 Å². The predicted octanol–water partition coefficient (Wildman–Crippen LogP) is 1.49. The smallest absolute Gasteiger partial charge is 0.230 e. The highest BCUT2D eigenvalue weighted by Gasteiger charge is 2.31. The van der Waals surface area contributed by atoms with Crippen molar-refractivity contribution in [1.82, 2.24) is 10.1 Å². The van der Waals surface area contributed by atoms with E-state index in [1.807, 2.05) is 6.92 Å². The molecule has 5 heteroatoms. The highest BCUT2D eigenvalue weighted by atomic mass is 16.5. The second kappa shape index (κ2) is 5.60. The van der Waals surface area contributed by atoms with E-state index in [-0.39, 0.29) is 6.10 Å². The van der Waals surface area contributed by atoms with Crippen LogP contribution in [-0.2, 0) is 11.2 Å². The van der Waals surface area contributed by atoms with E-state index in [1.165, 1.54) is 12.8 Å². The van der Waals surface area contributed by atoms with Gasteiger partial charge in [-0.05, 0) is 32.2 Å². The quantitative estimate of drug-likeness (QED) is 0.842. The van der Waals surface area contributed by atoms with Gasteiger partial charge in [-0.25, -0.2) is 0 Å². The average molecular weight is 239 g/mol. The maximum Gasteiger partial charge on any atom is 0.230 e. The number of nitrogens with two attached hydrogens (primary N) is 1. The van der Waals surface area contributed by atoms with Gasteiger partial charge in [0.15, 0.2) is 5.82 Å². The second-order valence-corrected chi connectivity index (χ2v) is 4.83. The largest absolute Gasteiger partial charge is 0.381 e. The first-order valence-corrected chi connectivity index (χ1v) is 6.30. The summed E-state index contributed by atoms with van der Waals surface area (Å²) in [5.41, 5.74) is 5.76. The third kappa shape index (κ3) is 2.84. The summed E-state index contributed by atoms with van der Waals surface area (Å²) in [6.45, 7) is 2.70. The lowest BCUT2D eigenvalue weighted by molar-refractivity contribution is 0.116. The Labute approximate surface area is 102 Å². The van der Waals surface area contributed by atoms with Crippen molar-refractivity contribution in [2.75, 3.05) is 13.7 Å². The molecule has 96 valence electrons. The number of ether oxygens (including phenoxy) is 1. The van der Waals surface area contributed by atoms with Gasteiger partial charge in [-0.3, -0.25) is 0 Å². The fraction of sp³-hybridized carbons (Fsp3) is 0.833. The van der Waals surface area contributed by atoms with E-state index in [1.54, 1.807) is 7.11 Å². The number of nitrogens with zero attached hydrogens (tertiary/aromatic N) is 2. The Balaban J connectivity index is 2.02. The minimum Gasteiger partial charge on any atom is -0.381 e. The molecule has 1 aliphatic carbocycles. The molecule has 1 aliphatic rings. The zero-order valence-electron chi connectivity index (χ0n) is 10.6. The molecular formula is C12H21N3O2. The molecule has 0 radical (unpaired) electrons. The van der Waals surface area contributed by atoms with Gasteiger partial charge in [-0.15, -0.1) is 0 Å². The average Bonchev–Trinajstić information content (AvgIpc) is 2.95. The fourth-order valence-corrected chi connectivity index (χ4v) is 2.49. The van der Waals surface area contributed by atoms with Crippen LogP contribution in [-0.4, -0.2) is 29.9 Å². The lowest BCUT2D eigenvalue weighted by Crippen LogP contribution is -2.17. The van der Waals surface area contributed by atoms with E-state index in [2.05, 4.69) is 10.1 Å². The molecule has 0 spiro atoms. The molecule has 2 rings (SSSR count). The molecule has 1 heterocycles. The van der Waals surface area contributed by atoms with Crippen molar-refractivity contribution in [3.05, 3.63) is 11.7 Å². The molecule has 0 bridgehead atoms. The van der Waals surface area contributed by atoms with E-state index >= 15 is 0 Å². The van der Waals surface area contributed by atoms with E-state index in [9.17, 15) is 0 Å². The highest BCUT2D eigenvalue weighted by Crippen LogP contribution is 2.38. The molecular weight excluding hydrogens is 218 g/mol. The summed E-state index contributed by atoms with van der Waals surface area (Å²) >= 11 is 0. The van der Waals surface area contributed by atoms with Gasteiger partial charge in [0.2, 0.25) is 5.89 Å². The minimum absolute atomic E-state index is 0.120. The van der Waals surface area contributed by atoms with Crippen molar-refractivity contribution in [2.24, 2.45) is 11.7 Å². The lowest BCUT2D eigenvalue weighted by Gasteiger charge is -2.12. The molecule has 1 saturated carbocycles. The molecule has 1 fully saturated rings. The van der Waals surface area contributed by atoms with Crippen LogP contribution in [0.5, 0.6) is 0 Å². The molecule has 3 unspecified atom stereocenters. The molecule has 17 heavy (non-hydrogen) atoms. The summed E-state index contributed by atoms with van der Waals surface area (Å²) in [4.78, 5) is 4.47. The molecule has 2 N–H and O–H groups in total. The van der Waals surface area contributed by atoms with Crippen LogP contribution in [0.1, 0.15) is 43.8 Å². The molecule has 0 aliphatic heterocycles. The van der Waals surface area contributed by atoms with Crippen LogP contribution in [0.3, 0.4) is 0 Å². The summed E-state index contributed by atoms with van der Waals surface area (Å²) < 4.78 is 10.5. The van der Waals surface area contributed by atoms with E-state index < -0.39 is 0 Å². The summed E-state index contributed by atoms with van der Waals surface area (Å²) in [5, 5.41) is 4.01. The lowest BCUT2D eigenvalue weighted by atomic mass is 9.96. The second-order valence-electron chi connectivity index (χ2n) is 4.83. The number of hydrogen-bond acceptors (Lipinski definition) is 5. The number of methoxy groups -OCH3 is 1. The van der Waals surface area contributed by atoms with Crippen LogP contribution in [0.15, 0.2) is 4.52 Å². The first-order chi connectivity index (χ1) is 8.24. The third-order valence-electron chi connectivity index (χ3n) is 3.64. The minimum atomic E-state index is 0.120. The van der Waals surface area contributed by atoms with E-state index in [0.717, 1.165) is 18.1 Å².